The molecular weight excluding hydrogens is 396 g/mol. The van der Waals surface area contributed by atoms with Crippen LogP contribution < -0.4 is 12.3 Å². The zero-order valence-electron chi connectivity index (χ0n) is 2.23. The molecule has 0 heterocycles. The Balaban J connectivity index is 0. The number of rotatable bonds is 0. The quantitative estimate of drug-likeness (QED) is 0.614. The van der Waals surface area contributed by atoms with Crippen molar-refractivity contribution in [3.05, 3.63) is 0 Å². The van der Waals surface area contributed by atoms with Gasteiger partial charge in [0.15, 0.2) is 0 Å². The van der Waals surface area contributed by atoms with Gasteiger partial charge in [0.2, 0.25) is 0 Å². The average Bonchev–Trinajstić information content (AvgIpc) is 0. The van der Waals surface area contributed by atoms with Gasteiger partial charge in [-0.25, -0.2) is 0 Å². The molecular formula is H6N2W2. The average molecular weight is 402 g/mol. The maximum atomic E-state index is 0. The maximum Gasteiger partial charge on any atom is 0 e. The summed E-state index contributed by atoms with van der Waals surface area (Å²) in [6.07, 6.45) is 0. The van der Waals surface area contributed by atoms with Gasteiger partial charge in [0.25, 0.3) is 0 Å². The standard InChI is InChI=1S/2H3N.2W/h2*1H3;;. The van der Waals surface area contributed by atoms with E-state index in [1.54, 1.807) is 0 Å². The van der Waals surface area contributed by atoms with E-state index in [1.165, 1.54) is 0 Å². The molecule has 0 spiro atoms. The van der Waals surface area contributed by atoms with E-state index in [1.807, 2.05) is 0 Å². The van der Waals surface area contributed by atoms with Crippen LogP contribution in [0.25, 0.3) is 0 Å². The van der Waals surface area contributed by atoms with Crippen LogP contribution in [0, 0.1) is 0 Å². The van der Waals surface area contributed by atoms with Crippen LogP contribution in [-0.2, 0) is 42.1 Å². The van der Waals surface area contributed by atoms with Gasteiger partial charge >= 0.3 is 0 Å². The van der Waals surface area contributed by atoms with E-state index in [-0.39, 0.29) is 54.4 Å². The van der Waals surface area contributed by atoms with Gasteiger partial charge in [-0.05, 0) is 0 Å². The summed E-state index contributed by atoms with van der Waals surface area (Å²) in [7, 11) is 0. The Morgan fingerprint density at radius 3 is 0.500 bits per heavy atom. The molecule has 0 unspecified atom stereocenters. The van der Waals surface area contributed by atoms with Gasteiger partial charge < -0.3 is 12.3 Å². The van der Waals surface area contributed by atoms with Crippen LogP contribution in [0.1, 0.15) is 0 Å². The van der Waals surface area contributed by atoms with Crippen molar-refractivity contribution in [1.29, 1.82) is 0 Å². The monoisotopic (exact) mass is 402 g/mol. The van der Waals surface area contributed by atoms with E-state index >= 15 is 0 Å². The third-order valence-corrected chi connectivity index (χ3v) is 0. The minimum atomic E-state index is 0. The summed E-state index contributed by atoms with van der Waals surface area (Å²) < 4.78 is 0. The Kier molecular flexibility index (Phi) is 404. The number of hydrogen-bond acceptors (Lipinski definition) is 2. The summed E-state index contributed by atoms with van der Waals surface area (Å²) >= 11 is 0. The van der Waals surface area contributed by atoms with Gasteiger partial charge in [0.05, 0.1) is 0 Å². The van der Waals surface area contributed by atoms with Crippen molar-refractivity contribution < 1.29 is 42.1 Å². The van der Waals surface area contributed by atoms with Gasteiger partial charge in [-0.15, -0.1) is 0 Å². The summed E-state index contributed by atoms with van der Waals surface area (Å²) in [5.74, 6) is 0. The fourth-order valence-electron chi connectivity index (χ4n) is 0. The predicted octanol–water partition coefficient (Wildman–Crippen LogP) is 0.319. The summed E-state index contributed by atoms with van der Waals surface area (Å²) in [5.41, 5.74) is 0. The van der Waals surface area contributed by atoms with Gasteiger partial charge in [-0.2, -0.15) is 0 Å². The second-order valence-corrected chi connectivity index (χ2v) is 0. The van der Waals surface area contributed by atoms with Crippen LogP contribution in [0.15, 0.2) is 0 Å². The summed E-state index contributed by atoms with van der Waals surface area (Å²) in [5, 5.41) is 0. The SMILES string of the molecule is N.N.[W].[W]. The first-order valence-corrected chi connectivity index (χ1v) is 0. The van der Waals surface area contributed by atoms with E-state index in [4.69, 9.17) is 0 Å². The largest absolute Gasteiger partial charge is 0.344 e. The first-order chi connectivity index (χ1) is 0. The molecule has 0 aromatic carbocycles. The smallest absolute Gasteiger partial charge is 0 e. The molecule has 28 valence electrons. The third kappa shape index (κ3) is 10.3. The van der Waals surface area contributed by atoms with E-state index in [9.17, 15) is 0 Å². The summed E-state index contributed by atoms with van der Waals surface area (Å²) in [6.45, 7) is 0. The number of hydrogen-bond donors (Lipinski definition) is 2. The van der Waals surface area contributed by atoms with Crippen molar-refractivity contribution in [2.24, 2.45) is 0 Å². The predicted molar refractivity (Wildman–Crippen MR) is 10.0 cm³/mol. The van der Waals surface area contributed by atoms with Crippen LogP contribution in [0.5, 0.6) is 0 Å². The molecule has 0 saturated heterocycles. The molecule has 0 aromatic rings. The molecule has 0 rings (SSSR count). The molecule has 0 saturated carbocycles. The third-order valence-electron chi connectivity index (χ3n) is 0. The topological polar surface area (TPSA) is 70.0 Å². The molecule has 4 heavy (non-hydrogen) atoms. The fourth-order valence-corrected chi connectivity index (χ4v) is 0. The molecule has 0 aliphatic carbocycles. The molecule has 0 atom stereocenters. The van der Waals surface area contributed by atoms with Crippen molar-refractivity contribution in [3.8, 4) is 0 Å². The van der Waals surface area contributed by atoms with Crippen molar-refractivity contribution >= 4 is 0 Å². The van der Waals surface area contributed by atoms with Gasteiger partial charge in [0.1, 0.15) is 0 Å². The molecule has 0 radical (unpaired) electrons. The van der Waals surface area contributed by atoms with Crippen LogP contribution in [-0.4, -0.2) is 0 Å². The fraction of sp³-hybridized carbons (Fsp3) is 0. The van der Waals surface area contributed by atoms with Crippen LogP contribution in [0.2, 0.25) is 0 Å². The molecule has 0 amide bonds. The Morgan fingerprint density at radius 2 is 0.500 bits per heavy atom. The molecule has 6 N–H and O–H groups in total. The Morgan fingerprint density at radius 1 is 0.500 bits per heavy atom. The van der Waals surface area contributed by atoms with Gasteiger partial charge in [-0.3, -0.25) is 0 Å². The van der Waals surface area contributed by atoms with E-state index in [2.05, 4.69) is 0 Å². The normalized spacial score (nSPS) is 0. The van der Waals surface area contributed by atoms with Crippen molar-refractivity contribution in [3.63, 3.8) is 0 Å². The molecule has 0 aliphatic rings. The summed E-state index contributed by atoms with van der Waals surface area (Å²) in [4.78, 5) is 0. The minimum Gasteiger partial charge on any atom is -0.344 e. The minimum absolute atomic E-state index is 0. The molecule has 0 fully saturated rings. The zero-order valence-corrected chi connectivity index (χ0v) is 8.10. The Hall–Kier alpha value is 1.30. The molecule has 0 aliphatic heterocycles. The molecule has 0 bridgehead atoms. The van der Waals surface area contributed by atoms with E-state index in [0.29, 0.717) is 0 Å². The van der Waals surface area contributed by atoms with E-state index in [0.717, 1.165) is 0 Å². The Bertz CT molecular complexity index is 4.00. The Labute approximate surface area is 54.4 Å². The summed E-state index contributed by atoms with van der Waals surface area (Å²) in [6, 6.07) is 0. The van der Waals surface area contributed by atoms with Crippen LogP contribution in [0.3, 0.4) is 0 Å². The molecule has 2 nitrogen and oxygen atoms in total. The van der Waals surface area contributed by atoms with Crippen molar-refractivity contribution in [2.45, 2.75) is 0 Å². The van der Waals surface area contributed by atoms with Crippen LogP contribution in [0.4, 0.5) is 0 Å². The van der Waals surface area contributed by atoms with Gasteiger partial charge in [-0.1, -0.05) is 0 Å². The zero-order chi connectivity index (χ0) is 0. The van der Waals surface area contributed by atoms with Crippen LogP contribution >= 0.6 is 0 Å². The van der Waals surface area contributed by atoms with Crippen molar-refractivity contribution in [1.82, 2.24) is 12.3 Å². The van der Waals surface area contributed by atoms with Gasteiger partial charge in [0, 0.05) is 42.1 Å². The molecule has 4 heteroatoms. The second-order valence-electron chi connectivity index (χ2n) is 0. The first kappa shape index (κ1) is 58.2. The maximum absolute atomic E-state index is 0. The van der Waals surface area contributed by atoms with E-state index < -0.39 is 0 Å². The second kappa shape index (κ2) is 27.8. The molecule has 0 aromatic heterocycles. The first-order valence-electron chi connectivity index (χ1n) is 0. The van der Waals surface area contributed by atoms with Crippen molar-refractivity contribution in [2.75, 3.05) is 0 Å².